The number of halogens is 1. The van der Waals surface area contributed by atoms with Gasteiger partial charge in [0, 0.05) is 10.9 Å². The molecule has 0 saturated heterocycles. The molecule has 0 radical (unpaired) electrons. The van der Waals surface area contributed by atoms with Crippen molar-refractivity contribution in [2.45, 2.75) is 0 Å². The highest BCUT2D eigenvalue weighted by atomic mass is 35.5. The fourth-order valence-electron chi connectivity index (χ4n) is 3.34. The van der Waals surface area contributed by atoms with Crippen molar-refractivity contribution in [3.63, 3.8) is 0 Å². The molecule has 2 aromatic heterocycles. The van der Waals surface area contributed by atoms with Crippen LogP contribution in [0.25, 0.3) is 38.8 Å². The van der Waals surface area contributed by atoms with E-state index in [-0.39, 0.29) is 5.63 Å². The Bertz CT molecular complexity index is 1350. The minimum Gasteiger partial charge on any atom is -0.418 e. The molecule has 130 valence electrons. The lowest BCUT2D eigenvalue weighted by molar-refractivity contribution is 0.570. The Hall–Kier alpha value is -3.37. The van der Waals surface area contributed by atoms with Crippen LogP contribution in [-0.4, -0.2) is 9.78 Å². The maximum absolute atomic E-state index is 12.6. The summed E-state index contributed by atoms with van der Waals surface area (Å²) in [5, 5.41) is 6.64. The second-order valence-corrected chi connectivity index (χ2v) is 6.60. The van der Waals surface area contributed by atoms with E-state index in [1.165, 1.54) is 0 Å². The molecule has 0 aliphatic rings. The van der Waals surface area contributed by atoms with Gasteiger partial charge >= 0.3 is 5.63 Å². The lowest BCUT2D eigenvalue weighted by Crippen LogP contribution is -2.01. The zero-order chi connectivity index (χ0) is 18.4. The average molecular weight is 373 g/mol. The van der Waals surface area contributed by atoms with E-state index in [1.807, 2.05) is 66.7 Å². The maximum atomic E-state index is 12.6. The van der Waals surface area contributed by atoms with Gasteiger partial charge in [0.2, 0.25) is 0 Å². The van der Waals surface area contributed by atoms with Gasteiger partial charge in [0.25, 0.3) is 0 Å². The minimum absolute atomic E-state index is 0.390. The first-order valence-corrected chi connectivity index (χ1v) is 8.87. The molecule has 4 nitrogen and oxygen atoms in total. The normalized spacial score (nSPS) is 11.3. The molecule has 0 aliphatic heterocycles. The van der Waals surface area contributed by atoms with E-state index in [1.54, 1.807) is 16.8 Å². The van der Waals surface area contributed by atoms with Crippen molar-refractivity contribution in [1.82, 2.24) is 9.78 Å². The molecule has 3 aromatic carbocycles. The highest BCUT2D eigenvalue weighted by Gasteiger charge is 2.21. The van der Waals surface area contributed by atoms with Gasteiger partial charge in [-0.1, -0.05) is 66.2 Å². The highest BCUT2D eigenvalue weighted by Crippen LogP contribution is 2.35. The minimum atomic E-state index is -0.390. The summed E-state index contributed by atoms with van der Waals surface area (Å²) in [6.07, 6.45) is 0. The smallest absolute Gasteiger partial charge is 0.344 e. The molecule has 0 atom stereocenters. The molecule has 0 unspecified atom stereocenters. The summed E-state index contributed by atoms with van der Waals surface area (Å²) in [7, 11) is 0. The molecule has 2 heterocycles. The lowest BCUT2D eigenvalue weighted by atomic mass is 10.1. The molecular formula is C22H13ClN2O2. The third-order valence-corrected chi connectivity index (χ3v) is 4.90. The van der Waals surface area contributed by atoms with E-state index in [4.69, 9.17) is 21.1 Å². The number of para-hydroxylation sites is 1. The van der Waals surface area contributed by atoms with Crippen molar-refractivity contribution in [3.05, 3.63) is 94.3 Å². The van der Waals surface area contributed by atoms with E-state index in [0.29, 0.717) is 21.7 Å². The molecule has 0 saturated carbocycles. The third kappa shape index (κ3) is 2.46. The van der Waals surface area contributed by atoms with Crippen molar-refractivity contribution >= 4 is 33.5 Å². The molecule has 0 N–H and O–H groups in total. The van der Waals surface area contributed by atoms with E-state index in [2.05, 4.69) is 0 Å². The Balaban J connectivity index is 1.99. The molecular weight excluding hydrogens is 360 g/mol. The summed E-state index contributed by atoms with van der Waals surface area (Å²) in [5.41, 5.74) is 2.92. The average Bonchev–Trinajstić information content (AvgIpc) is 3.08. The Morgan fingerprint density at radius 2 is 1.48 bits per heavy atom. The van der Waals surface area contributed by atoms with Crippen molar-refractivity contribution in [2.24, 2.45) is 0 Å². The van der Waals surface area contributed by atoms with Gasteiger partial charge in [0.05, 0.1) is 16.1 Å². The van der Waals surface area contributed by atoms with Crippen LogP contribution in [0.2, 0.25) is 5.02 Å². The summed E-state index contributed by atoms with van der Waals surface area (Å²) in [6.45, 7) is 0. The zero-order valence-corrected chi connectivity index (χ0v) is 14.9. The Morgan fingerprint density at radius 3 is 2.26 bits per heavy atom. The molecule has 0 bridgehead atoms. The number of hydrogen-bond donors (Lipinski definition) is 0. The third-order valence-electron chi connectivity index (χ3n) is 4.57. The van der Waals surface area contributed by atoms with Crippen molar-refractivity contribution < 1.29 is 4.42 Å². The molecule has 0 fully saturated rings. The zero-order valence-electron chi connectivity index (χ0n) is 14.1. The second-order valence-electron chi connectivity index (χ2n) is 6.19. The van der Waals surface area contributed by atoms with E-state index >= 15 is 0 Å². The molecule has 0 spiro atoms. The SMILES string of the molecule is O=c1oc2c(-c3ccccc3Cl)nn(-c3ccccc3)c2c2ccccc12. The summed E-state index contributed by atoms with van der Waals surface area (Å²) in [6, 6.07) is 24.6. The topological polar surface area (TPSA) is 48.0 Å². The second kappa shape index (κ2) is 6.11. The first-order valence-electron chi connectivity index (χ1n) is 8.49. The van der Waals surface area contributed by atoms with Crippen LogP contribution in [0.4, 0.5) is 0 Å². The highest BCUT2D eigenvalue weighted by molar-refractivity contribution is 6.33. The summed E-state index contributed by atoms with van der Waals surface area (Å²) < 4.78 is 7.52. The van der Waals surface area contributed by atoms with Crippen molar-refractivity contribution in [3.8, 4) is 16.9 Å². The predicted molar refractivity (Wildman–Crippen MR) is 108 cm³/mol. The summed E-state index contributed by atoms with van der Waals surface area (Å²) in [4.78, 5) is 12.6. The number of rotatable bonds is 2. The number of nitrogens with zero attached hydrogens (tertiary/aromatic N) is 2. The van der Waals surface area contributed by atoms with Gasteiger partial charge in [-0.15, -0.1) is 0 Å². The molecule has 0 aliphatic carbocycles. The Kier molecular flexibility index (Phi) is 3.59. The van der Waals surface area contributed by atoms with Crippen molar-refractivity contribution in [2.75, 3.05) is 0 Å². The van der Waals surface area contributed by atoms with Crippen LogP contribution in [0.1, 0.15) is 0 Å². The van der Waals surface area contributed by atoms with Gasteiger partial charge in [0.15, 0.2) is 5.58 Å². The van der Waals surface area contributed by atoms with Gasteiger partial charge in [-0.3, -0.25) is 0 Å². The van der Waals surface area contributed by atoms with Gasteiger partial charge in [-0.05, 0) is 24.3 Å². The molecule has 5 aromatic rings. The van der Waals surface area contributed by atoms with Gasteiger partial charge in [-0.2, -0.15) is 5.10 Å². The molecule has 5 rings (SSSR count). The van der Waals surface area contributed by atoms with Gasteiger partial charge < -0.3 is 4.42 Å². The first kappa shape index (κ1) is 15.9. The number of fused-ring (bicyclic) bond motifs is 3. The van der Waals surface area contributed by atoms with Gasteiger partial charge in [-0.25, -0.2) is 9.48 Å². The molecule has 27 heavy (non-hydrogen) atoms. The van der Waals surface area contributed by atoms with Crippen LogP contribution in [0.15, 0.2) is 88.1 Å². The Labute approximate surface area is 159 Å². The van der Waals surface area contributed by atoms with Crippen LogP contribution in [0, 0.1) is 0 Å². The summed E-state index contributed by atoms with van der Waals surface area (Å²) >= 11 is 6.40. The first-order chi connectivity index (χ1) is 13.2. The van der Waals surface area contributed by atoms with E-state index in [9.17, 15) is 4.79 Å². The molecule has 5 heteroatoms. The predicted octanol–water partition coefficient (Wildman–Crippen LogP) is 5.45. The monoisotopic (exact) mass is 372 g/mol. The summed E-state index contributed by atoms with van der Waals surface area (Å²) in [5.74, 6) is 0. The van der Waals surface area contributed by atoms with Gasteiger partial charge in [0.1, 0.15) is 11.2 Å². The van der Waals surface area contributed by atoms with Crippen LogP contribution in [0.5, 0.6) is 0 Å². The van der Waals surface area contributed by atoms with E-state index in [0.717, 1.165) is 22.2 Å². The van der Waals surface area contributed by atoms with Crippen LogP contribution >= 0.6 is 11.6 Å². The Morgan fingerprint density at radius 1 is 0.815 bits per heavy atom. The maximum Gasteiger partial charge on any atom is 0.344 e. The van der Waals surface area contributed by atoms with Crippen LogP contribution in [-0.2, 0) is 0 Å². The lowest BCUT2D eigenvalue weighted by Gasteiger charge is -2.04. The number of benzene rings is 3. The van der Waals surface area contributed by atoms with Crippen LogP contribution in [0.3, 0.4) is 0 Å². The number of hydrogen-bond acceptors (Lipinski definition) is 3. The fraction of sp³-hybridized carbons (Fsp3) is 0. The largest absolute Gasteiger partial charge is 0.418 e. The number of aromatic nitrogens is 2. The standard InChI is InChI=1S/C22H13ClN2O2/c23-18-13-7-6-12-17(18)19-21-20(25(24-19)14-8-2-1-3-9-14)15-10-4-5-11-16(15)22(26)27-21/h1-13H. The van der Waals surface area contributed by atoms with E-state index < -0.39 is 0 Å². The van der Waals surface area contributed by atoms with Crippen LogP contribution < -0.4 is 5.63 Å². The molecule has 0 amide bonds. The fourth-order valence-corrected chi connectivity index (χ4v) is 3.56. The quantitative estimate of drug-likeness (QED) is 0.414. The van der Waals surface area contributed by atoms with Crippen molar-refractivity contribution in [1.29, 1.82) is 0 Å².